The maximum absolute atomic E-state index is 13.3. The normalized spacial score (nSPS) is 10.3. The molecule has 5 nitrogen and oxygen atoms in total. The number of nitrogens with one attached hydrogen (secondary N) is 2. The fraction of sp³-hybridized carbons (Fsp3) is 0.167. The predicted molar refractivity (Wildman–Crippen MR) is 66.9 cm³/mol. The molecular weight excluding hydrogens is 254 g/mol. The Bertz CT molecular complexity index is 624. The number of carbonyl (C=O) groups is 1. The number of halogens is 2. The summed E-state index contributed by atoms with van der Waals surface area (Å²) in [5.74, 6) is -1.54. The highest BCUT2D eigenvalue weighted by Crippen LogP contribution is 2.16. The van der Waals surface area contributed by atoms with Crippen molar-refractivity contribution < 1.29 is 13.6 Å². The number of rotatable bonds is 2. The fourth-order valence-corrected chi connectivity index (χ4v) is 1.49. The van der Waals surface area contributed by atoms with Crippen LogP contribution in [0, 0.1) is 18.6 Å². The molecule has 0 saturated heterocycles. The molecule has 1 heterocycles. The van der Waals surface area contributed by atoms with Gasteiger partial charge in [-0.3, -0.25) is 4.68 Å². The Kier molecular flexibility index (Phi) is 3.46. The van der Waals surface area contributed by atoms with E-state index in [1.807, 2.05) is 0 Å². The van der Waals surface area contributed by atoms with Crippen molar-refractivity contribution in [2.75, 3.05) is 10.6 Å². The third-order valence-electron chi connectivity index (χ3n) is 2.66. The first kappa shape index (κ1) is 13.0. The average molecular weight is 266 g/mol. The van der Waals surface area contributed by atoms with Crippen LogP contribution in [-0.2, 0) is 7.05 Å². The van der Waals surface area contributed by atoms with Crippen LogP contribution in [0.15, 0.2) is 24.4 Å². The van der Waals surface area contributed by atoms with Crippen molar-refractivity contribution in [1.29, 1.82) is 0 Å². The second-order valence-electron chi connectivity index (χ2n) is 3.97. The lowest BCUT2D eigenvalue weighted by atomic mass is 10.3. The number of carbonyl (C=O) groups excluding carboxylic acids is 1. The first-order valence-electron chi connectivity index (χ1n) is 5.49. The minimum Gasteiger partial charge on any atom is -0.305 e. The van der Waals surface area contributed by atoms with Gasteiger partial charge in [0, 0.05) is 13.1 Å². The van der Waals surface area contributed by atoms with Crippen molar-refractivity contribution in [2.45, 2.75) is 6.92 Å². The Morgan fingerprint density at radius 3 is 2.53 bits per heavy atom. The smallest absolute Gasteiger partial charge is 0.305 e. The van der Waals surface area contributed by atoms with Crippen molar-refractivity contribution in [3.8, 4) is 0 Å². The number of aryl methyl sites for hydroxylation is 1. The van der Waals surface area contributed by atoms with E-state index in [9.17, 15) is 13.6 Å². The second kappa shape index (κ2) is 5.05. The standard InChI is InChI=1S/C12H12F2N4O/c1-7-11(6-15-18(7)2)17-12(19)16-10-4-3-8(13)5-9(10)14/h3-6H,1-2H3,(H2,16,17,19). The lowest BCUT2D eigenvalue weighted by Gasteiger charge is -2.08. The maximum atomic E-state index is 13.3. The monoisotopic (exact) mass is 266 g/mol. The van der Waals surface area contributed by atoms with E-state index in [4.69, 9.17) is 0 Å². The van der Waals surface area contributed by atoms with Crippen molar-refractivity contribution >= 4 is 17.4 Å². The van der Waals surface area contributed by atoms with Crippen LogP contribution in [0.1, 0.15) is 5.69 Å². The second-order valence-corrected chi connectivity index (χ2v) is 3.97. The molecule has 0 atom stereocenters. The third-order valence-corrected chi connectivity index (χ3v) is 2.66. The zero-order valence-corrected chi connectivity index (χ0v) is 10.4. The average Bonchev–Trinajstić information content (AvgIpc) is 2.65. The highest BCUT2D eigenvalue weighted by Gasteiger charge is 2.10. The van der Waals surface area contributed by atoms with Gasteiger partial charge in [0.2, 0.25) is 0 Å². The van der Waals surface area contributed by atoms with E-state index in [1.54, 1.807) is 18.7 Å². The number of aromatic nitrogens is 2. The zero-order valence-electron chi connectivity index (χ0n) is 10.4. The lowest BCUT2D eigenvalue weighted by Crippen LogP contribution is -2.20. The maximum Gasteiger partial charge on any atom is 0.323 e. The van der Waals surface area contributed by atoms with Gasteiger partial charge in [0.15, 0.2) is 0 Å². The van der Waals surface area contributed by atoms with Crippen LogP contribution in [0.5, 0.6) is 0 Å². The Hall–Kier alpha value is -2.44. The van der Waals surface area contributed by atoms with Gasteiger partial charge in [-0.15, -0.1) is 0 Å². The van der Waals surface area contributed by atoms with E-state index < -0.39 is 17.7 Å². The van der Waals surface area contributed by atoms with Gasteiger partial charge >= 0.3 is 6.03 Å². The summed E-state index contributed by atoms with van der Waals surface area (Å²) in [6.07, 6.45) is 1.48. The molecule has 2 rings (SSSR count). The molecule has 1 aromatic carbocycles. The number of hydrogen-bond acceptors (Lipinski definition) is 2. The first-order chi connectivity index (χ1) is 8.97. The molecule has 0 radical (unpaired) electrons. The van der Waals surface area contributed by atoms with Crippen LogP contribution in [0.4, 0.5) is 25.0 Å². The van der Waals surface area contributed by atoms with Crippen LogP contribution in [0.2, 0.25) is 0 Å². The summed E-state index contributed by atoms with van der Waals surface area (Å²) < 4.78 is 27.6. The number of nitrogens with zero attached hydrogens (tertiary/aromatic N) is 2. The van der Waals surface area contributed by atoms with Crippen molar-refractivity contribution in [3.63, 3.8) is 0 Å². The molecule has 0 aliphatic carbocycles. The molecular formula is C12H12F2N4O. The fourth-order valence-electron chi connectivity index (χ4n) is 1.49. The molecule has 0 bridgehead atoms. The van der Waals surface area contributed by atoms with Gasteiger partial charge in [-0.1, -0.05) is 0 Å². The summed E-state index contributed by atoms with van der Waals surface area (Å²) >= 11 is 0. The molecule has 0 aliphatic heterocycles. The number of anilines is 2. The predicted octanol–water partition coefficient (Wildman–Crippen LogP) is 2.65. The largest absolute Gasteiger partial charge is 0.323 e. The Labute approximate surface area is 108 Å². The van der Waals surface area contributed by atoms with E-state index in [-0.39, 0.29) is 5.69 Å². The number of urea groups is 1. The van der Waals surface area contributed by atoms with Crippen molar-refractivity contribution in [1.82, 2.24) is 9.78 Å². The molecule has 0 saturated carbocycles. The van der Waals surface area contributed by atoms with Gasteiger partial charge in [-0.05, 0) is 19.1 Å². The summed E-state index contributed by atoms with van der Waals surface area (Å²) in [4.78, 5) is 11.7. The van der Waals surface area contributed by atoms with Crippen LogP contribution in [0.3, 0.4) is 0 Å². The molecule has 100 valence electrons. The SMILES string of the molecule is Cc1c(NC(=O)Nc2ccc(F)cc2F)cnn1C. The lowest BCUT2D eigenvalue weighted by molar-refractivity contribution is 0.262. The van der Waals surface area contributed by atoms with Gasteiger partial charge < -0.3 is 10.6 Å². The van der Waals surface area contributed by atoms with Gasteiger partial charge in [0.1, 0.15) is 11.6 Å². The molecule has 0 aliphatic rings. The Morgan fingerprint density at radius 1 is 1.26 bits per heavy atom. The molecule has 1 aromatic heterocycles. The van der Waals surface area contributed by atoms with E-state index in [0.717, 1.165) is 17.8 Å². The van der Waals surface area contributed by atoms with Gasteiger partial charge in [0.05, 0.1) is 23.3 Å². The molecule has 2 aromatic rings. The van der Waals surface area contributed by atoms with E-state index in [2.05, 4.69) is 15.7 Å². The molecule has 7 heteroatoms. The van der Waals surface area contributed by atoms with Crippen LogP contribution in [-0.4, -0.2) is 15.8 Å². The summed E-state index contributed by atoms with van der Waals surface area (Å²) in [6, 6.07) is 2.29. The number of hydrogen-bond donors (Lipinski definition) is 2. The number of benzene rings is 1. The van der Waals surface area contributed by atoms with E-state index >= 15 is 0 Å². The minimum atomic E-state index is -0.835. The highest BCUT2D eigenvalue weighted by atomic mass is 19.1. The molecule has 0 unspecified atom stereocenters. The summed E-state index contributed by atoms with van der Waals surface area (Å²) in [7, 11) is 1.73. The van der Waals surface area contributed by atoms with Gasteiger partial charge in [0.25, 0.3) is 0 Å². The zero-order chi connectivity index (χ0) is 14.0. The van der Waals surface area contributed by atoms with Crippen molar-refractivity contribution in [3.05, 3.63) is 41.7 Å². The Balaban J connectivity index is 2.07. The highest BCUT2D eigenvalue weighted by molar-refractivity contribution is 6.00. The number of amides is 2. The third kappa shape index (κ3) is 2.87. The summed E-state index contributed by atoms with van der Waals surface area (Å²) in [6.45, 7) is 1.78. The summed E-state index contributed by atoms with van der Waals surface area (Å²) in [5.41, 5.74) is 1.18. The Morgan fingerprint density at radius 2 is 1.95 bits per heavy atom. The quantitative estimate of drug-likeness (QED) is 0.877. The van der Waals surface area contributed by atoms with Crippen LogP contribution >= 0.6 is 0 Å². The van der Waals surface area contributed by atoms with E-state index in [0.29, 0.717) is 11.8 Å². The first-order valence-corrected chi connectivity index (χ1v) is 5.49. The summed E-state index contributed by atoms with van der Waals surface area (Å²) in [5, 5.41) is 8.78. The topological polar surface area (TPSA) is 59.0 Å². The van der Waals surface area contributed by atoms with Crippen LogP contribution in [0.25, 0.3) is 0 Å². The molecule has 0 spiro atoms. The molecule has 2 N–H and O–H groups in total. The van der Waals surface area contributed by atoms with E-state index in [1.165, 1.54) is 6.20 Å². The molecule has 19 heavy (non-hydrogen) atoms. The van der Waals surface area contributed by atoms with Gasteiger partial charge in [-0.25, -0.2) is 13.6 Å². The van der Waals surface area contributed by atoms with Crippen molar-refractivity contribution in [2.24, 2.45) is 7.05 Å². The molecule has 2 amide bonds. The molecule has 0 fully saturated rings. The van der Waals surface area contributed by atoms with Gasteiger partial charge in [-0.2, -0.15) is 5.10 Å². The van der Waals surface area contributed by atoms with Crippen LogP contribution < -0.4 is 10.6 Å². The minimum absolute atomic E-state index is 0.0968.